The van der Waals surface area contributed by atoms with E-state index < -0.39 is 0 Å². The Morgan fingerprint density at radius 2 is 2.16 bits per heavy atom. The summed E-state index contributed by atoms with van der Waals surface area (Å²) in [5, 5.41) is 3.35. The molecule has 1 N–H and O–H groups in total. The summed E-state index contributed by atoms with van der Waals surface area (Å²) in [6.45, 7) is 6.12. The number of pyridine rings is 1. The molecular weight excluding hydrogens is 280 g/mol. The highest BCUT2D eigenvalue weighted by atomic mass is 35.5. The van der Waals surface area contributed by atoms with E-state index in [2.05, 4.69) is 30.2 Å². The van der Waals surface area contributed by atoms with Crippen molar-refractivity contribution in [2.75, 3.05) is 0 Å². The molecule has 0 bridgehead atoms. The first-order chi connectivity index (χ1) is 8.97. The molecule has 2 aromatic rings. The average molecular weight is 295 g/mol. The van der Waals surface area contributed by atoms with Crippen molar-refractivity contribution in [3.63, 3.8) is 0 Å². The zero-order valence-electron chi connectivity index (χ0n) is 11.0. The minimum Gasteiger partial charge on any atom is -0.345 e. The van der Waals surface area contributed by atoms with Crippen molar-refractivity contribution in [1.82, 2.24) is 10.3 Å². The molecule has 0 aliphatic carbocycles. The Morgan fingerprint density at radius 1 is 1.42 bits per heavy atom. The second-order valence-corrected chi connectivity index (χ2v) is 6.28. The number of nitrogens with one attached hydrogen (secondary N) is 1. The summed E-state index contributed by atoms with van der Waals surface area (Å²) in [5.74, 6) is -0.139. The third-order valence-electron chi connectivity index (χ3n) is 2.88. The highest BCUT2D eigenvalue weighted by Gasteiger charge is 2.15. The largest absolute Gasteiger partial charge is 0.345 e. The van der Waals surface area contributed by atoms with E-state index in [1.165, 1.54) is 16.0 Å². The first-order valence-corrected chi connectivity index (χ1v) is 7.16. The number of thiophene rings is 1. The van der Waals surface area contributed by atoms with E-state index in [-0.39, 0.29) is 11.9 Å². The monoisotopic (exact) mass is 294 g/mol. The summed E-state index contributed by atoms with van der Waals surface area (Å²) in [6.07, 6.45) is 1.48. The van der Waals surface area contributed by atoms with Crippen LogP contribution >= 0.6 is 22.9 Å². The van der Waals surface area contributed by atoms with Crippen molar-refractivity contribution in [1.29, 1.82) is 0 Å². The number of halogens is 1. The van der Waals surface area contributed by atoms with Gasteiger partial charge in [-0.2, -0.15) is 0 Å². The lowest BCUT2D eigenvalue weighted by Crippen LogP contribution is -2.26. The van der Waals surface area contributed by atoms with Crippen LogP contribution in [0.1, 0.15) is 38.6 Å². The van der Waals surface area contributed by atoms with Gasteiger partial charge in [0, 0.05) is 16.0 Å². The number of aromatic nitrogens is 1. The first-order valence-electron chi connectivity index (χ1n) is 5.96. The van der Waals surface area contributed by atoms with E-state index in [4.69, 9.17) is 11.6 Å². The summed E-state index contributed by atoms with van der Waals surface area (Å²) in [5.41, 5.74) is 1.68. The zero-order valence-corrected chi connectivity index (χ0v) is 12.6. The van der Waals surface area contributed by atoms with Gasteiger partial charge in [-0.1, -0.05) is 11.6 Å². The summed E-state index contributed by atoms with van der Waals surface area (Å²) in [7, 11) is 0. The molecule has 2 rings (SSSR count). The van der Waals surface area contributed by atoms with Gasteiger partial charge >= 0.3 is 0 Å². The van der Waals surface area contributed by atoms with Crippen molar-refractivity contribution in [2.24, 2.45) is 0 Å². The molecule has 5 heteroatoms. The maximum atomic E-state index is 12.1. The van der Waals surface area contributed by atoms with Crippen LogP contribution in [0.5, 0.6) is 0 Å². The van der Waals surface area contributed by atoms with E-state index in [1.54, 1.807) is 23.5 Å². The highest BCUT2D eigenvalue weighted by molar-refractivity contribution is 7.12. The van der Waals surface area contributed by atoms with E-state index in [9.17, 15) is 4.79 Å². The Morgan fingerprint density at radius 3 is 2.68 bits per heavy atom. The summed E-state index contributed by atoms with van der Waals surface area (Å²) >= 11 is 7.44. The number of aryl methyl sites for hydroxylation is 2. The van der Waals surface area contributed by atoms with Gasteiger partial charge in [-0.15, -0.1) is 11.3 Å². The molecule has 0 saturated carbocycles. The molecule has 0 aliphatic rings. The molecule has 0 saturated heterocycles. The number of carbonyl (C=O) groups excluding carboxylic acids is 1. The fourth-order valence-electron chi connectivity index (χ4n) is 1.95. The van der Waals surface area contributed by atoms with Crippen LogP contribution in [0.2, 0.25) is 5.15 Å². The second kappa shape index (κ2) is 5.72. The third kappa shape index (κ3) is 3.33. The second-order valence-electron chi connectivity index (χ2n) is 4.43. The Labute approximate surface area is 121 Å². The molecule has 1 unspecified atom stereocenters. The van der Waals surface area contributed by atoms with Gasteiger partial charge in [0.2, 0.25) is 0 Å². The standard InChI is InChI=1S/C14H15ClN2OS/c1-8-6-12(10(3)19-8)9(2)17-14(18)11-4-5-13(15)16-7-11/h4-7,9H,1-3H3,(H,17,18). The number of hydrogen-bond acceptors (Lipinski definition) is 3. The van der Waals surface area contributed by atoms with Crippen LogP contribution in [0.3, 0.4) is 0 Å². The quantitative estimate of drug-likeness (QED) is 0.872. The lowest BCUT2D eigenvalue weighted by atomic mass is 10.1. The molecule has 1 amide bonds. The predicted molar refractivity (Wildman–Crippen MR) is 78.9 cm³/mol. The molecule has 0 spiro atoms. The molecule has 0 fully saturated rings. The molecule has 2 heterocycles. The van der Waals surface area contributed by atoms with Crippen LogP contribution in [0.15, 0.2) is 24.4 Å². The van der Waals surface area contributed by atoms with Crippen LogP contribution in [0, 0.1) is 13.8 Å². The van der Waals surface area contributed by atoms with E-state index in [1.807, 2.05) is 6.92 Å². The van der Waals surface area contributed by atoms with E-state index >= 15 is 0 Å². The Kier molecular flexibility index (Phi) is 4.22. The Hall–Kier alpha value is -1.39. The molecule has 100 valence electrons. The highest BCUT2D eigenvalue weighted by Crippen LogP contribution is 2.26. The van der Waals surface area contributed by atoms with Crippen LogP contribution in [-0.2, 0) is 0 Å². The number of nitrogens with zero attached hydrogens (tertiary/aromatic N) is 1. The lowest BCUT2D eigenvalue weighted by molar-refractivity contribution is 0.0939. The van der Waals surface area contributed by atoms with Gasteiger partial charge in [-0.05, 0) is 44.5 Å². The number of amides is 1. The van der Waals surface area contributed by atoms with Crippen molar-refractivity contribution < 1.29 is 4.79 Å². The predicted octanol–water partition coefficient (Wildman–Crippen LogP) is 3.90. The molecule has 3 nitrogen and oxygen atoms in total. The lowest BCUT2D eigenvalue weighted by Gasteiger charge is -2.13. The first kappa shape index (κ1) is 14.0. The zero-order chi connectivity index (χ0) is 14.0. The SMILES string of the molecule is Cc1cc(C(C)NC(=O)c2ccc(Cl)nc2)c(C)s1. The minimum absolute atomic E-state index is 0.0203. The smallest absolute Gasteiger partial charge is 0.253 e. The minimum atomic E-state index is -0.139. The van der Waals surface area contributed by atoms with Crippen molar-refractivity contribution in [2.45, 2.75) is 26.8 Å². The summed E-state index contributed by atoms with van der Waals surface area (Å²) in [6, 6.07) is 5.38. The third-order valence-corrected chi connectivity index (χ3v) is 4.09. The molecular formula is C14H15ClN2OS. The fourth-order valence-corrected chi connectivity index (χ4v) is 3.08. The van der Waals surface area contributed by atoms with Crippen molar-refractivity contribution in [3.05, 3.63) is 50.4 Å². The number of rotatable bonds is 3. The van der Waals surface area contributed by atoms with Gasteiger partial charge < -0.3 is 5.32 Å². The molecule has 1 atom stereocenters. The summed E-state index contributed by atoms with van der Waals surface area (Å²) < 4.78 is 0. The normalized spacial score (nSPS) is 12.2. The van der Waals surface area contributed by atoms with E-state index in [0.717, 1.165) is 5.56 Å². The molecule has 0 aliphatic heterocycles. The molecule has 0 aromatic carbocycles. The number of hydrogen-bond donors (Lipinski definition) is 1. The van der Waals surface area contributed by atoms with Gasteiger partial charge in [0.15, 0.2) is 0 Å². The van der Waals surface area contributed by atoms with Crippen molar-refractivity contribution in [3.8, 4) is 0 Å². The van der Waals surface area contributed by atoms with Gasteiger partial charge in [-0.3, -0.25) is 4.79 Å². The van der Waals surface area contributed by atoms with Crippen LogP contribution in [0.4, 0.5) is 0 Å². The fraction of sp³-hybridized carbons (Fsp3) is 0.286. The van der Waals surface area contributed by atoms with E-state index in [0.29, 0.717) is 10.7 Å². The van der Waals surface area contributed by atoms with Gasteiger partial charge in [0.05, 0.1) is 11.6 Å². The maximum absolute atomic E-state index is 12.1. The Bertz CT molecular complexity index is 592. The van der Waals surface area contributed by atoms with Gasteiger partial charge in [-0.25, -0.2) is 4.98 Å². The van der Waals surface area contributed by atoms with Gasteiger partial charge in [0.1, 0.15) is 5.15 Å². The van der Waals surface area contributed by atoms with Crippen LogP contribution in [-0.4, -0.2) is 10.9 Å². The number of carbonyl (C=O) groups is 1. The maximum Gasteiger partial charge on any atom is 0.253 e. The van der Waals surface area contributed by atoms with Crippen LogP contribution < -0.4 is 5.32 Å². The summed E-state index contributed by atoms with van der Waals surface area (Å²) in [4.78, 5) is 18.5. The molecule has 0 radical (unpaired) electrons. The Balaban J connectivity index is 2.10. The van der Waals surface area contributed by atoms with Gasteiger partial charge in [0.25, 0.3) is 5.91 Å². The average Bonchev–Trinajstić information content (AvgIpc) is 2.69. The van der Waals surface area contributed by atoms with Crippen molar-refractivity contribution >= 4 is 28.8 Å². The molecule has 19 heavy (non-hydrogen) atoms. The van der Waals surface area contributed by atoms with Crippen LogP contribution in [0.25, 0.3) is 0 Å². The topological polar surface area (TPSA) is 42.0 Å². The molecule has 2 aromatic heterocycles.